The van der Waals surface area contributed by atoms with Crippen LogP contribution < -0.4 is 5.32 Å². The van der Waals surface area contributed by atoms with E-state index in [2.05, 4.69) is 21.2 Å². The van der Waals surface area contributed by atoms with Gasteiger partial charge in [0.05, 0.1) is 6.26 Å². The standard InChI is InChI=1S/C11H16BrNO2/c1-11(2,8-12)13-10(14)6-5-9-4-3-7-15-9/h3-4,7H,5-6,8H2,1-2H3,(H,13,14). The van der Waals surface area contributed by atoms with Crippen molar-refractivity contribution in [1.29, 1.82) is 0 Å². The quantitative estimate of drug-likeness (QED) is 0.838. The van der Waals surface area contributed by atoms with Gasteiger partial charge in [0.1, 0.15) is 5.76 Å². The fourth-order valence-corrected chi connectivity index (χ4v) is 1.31. The zero-order valence-corrected chi connectivity index (χ0v) is 10.6. The second kappa shape index (κ2) is 5.35. The predicted molar refractivity (Wildman–Crippen MR) is 63.0 cm³/mol. The lowest BCUT2D eigenvalue weighted by molar-refractivity contribution is -0.122. The summed E-state index contributed by atoms with van der Waals surface area (Å²) in [6.07, 6.45) is 2.73. The third-order valence-corrected chi connectivity index (χ3v) is 3.39. The molecule has 1 amide bonds. The van der Waals surface area contributed by atoms with Crippen molar-refractivity contribution in [3.8, 4) is 0 Å². The van der Waals surface area contributed by atoms with Gasteiger partial charge in [0, 0.05) is 23.7 Å². The van der Waals surface area contributed by atoms with Crippen LogP contribution in [-0.4, -0.2) is 16.8 Å². The maximum atomic E-state index is 11.5. The van der Waals surface area contributed by atoms with Gasteiger partial charge in [-0.25, -0.2) is 0 Å². The van der Waals surface area contributed by atoms with Crippen molar-refractivity contribution in [2.24, 2.45) is 0 Å². The van der Waals surface area contributed by atoms with Crippen molar-refractivity contribution in [1.82, 2.24) is 5.32 Å². The van der Waals surface area contributed by atoms with Crippen LogP contribution in [0.4, 0.5) is 0 Å². The van der Waals surface area contributed by atoms with E-state index in [4.69, 9.17) is 4.42 Å². The maximum Gasteiger partial charge on any atom is 0.220 e. The normalized spacial score (nSPS) is 11.4. The lowest BCUT2D eigenvalue weighted by atomic mass is 10.1. The molecule has 0 aliphatic carbocycles. The van der Waals surface area contributed by atoms with E-state index in [0.29, 0.717) is 12.8 Å². The molecule has 15 heavy (non-hydrogen) atoms. The van der Waals surface area contributed by atoms with Crippen molar-refractivity contribution in [2.45, 2.75) is 32.2 Å². The summed E-state index contributed by atoms with van der Waals surface area (Å²) in [7, 11) is 0. The fourth-order valence-electron chi connectivity index (χ4n) is 1.16. The van der Waals surface area contributed by atoms with Gasteiger partial charge in [0.15, 0.2) is 0 Å². The number of nitrogens with one attached hydrogen (secondary N) is 1. The first-order chi connectivity index (χ1) is 7.03. The van der Waals surface area contributed by atoms with Crippen LogP contribution in [0.15, 0.2) is 22.8 Å². The second-order valence-corrected chi connectivity index (χ2v) is 4.71. The number of amides is 1. The van der Waals surface area contributed by atoms with Gasteiger partial charge < -0.3 is 9.73 Å². The number of alkyl halides is 1. The summed E-state index contributed by atoms with van der Waals surface area (Å²) in [6.45, 7) is 3.96. The number of rotatable bonds is 5. The van der Waals surface area contributed by atoms with Gasteiger partial charge >= 0.3 is 0 Å². The average molecular weight is 274 g/mol. The van der Waals surface area contributed by atoms with Gasteiger partial charge in [-0.1, -0.05) is 15.9 Å². The first-order valence-electron chi connectivity index (χ1n) is 4.93. The molecular weight excluding hydrogens is 258 g/mol. The van der Waals surface area contributed by atoms with Gasteiger partial charge in [-0.2, -0.15) is 0 Å². The number of halogens is 1. The zero-order chi connectivity index (χ0) is 11.3. The Morgan fingerprint density at radius 2 is 2.33 bits per heavy atom. The highest BCUT2D eigenvalue weighted by Gasteiger charge is 2.18. The fraction of sp³-hybridized carbons (Fsp3) is 0.545. The molecule has 0 aliphatic rings. The number of hydrogen-bond acceptors (Lipinski definition) is 2. The van der Waals surface area contributed by atoms with E-state index < -0.39 is 0 Å². The summed E-state index contributed by atoms with van der Waals surface area (Å²) < 4.78 is 5.15. The van der Waals surface area contributed by atoms with Crippen LogP contribution in [0.1, 0.15) is 26.0 Å². The molecule has 1 aromatic rings. The molecule has 0 aromatic carbocycles. The number of hydrogen-bond donors (Lipinski definition) is 1. The minimum atomic E-state index is -0.194. The zero-order valence-electron chi connectivity index (χ0n) is 9.05. The molecule has 1 N–H and O–H groups in total. The molecule has 0 atom stereocenters. The third-order valence-electron chi connectivity index (χ3n) is 1.99. The summed E-state index contributed by atoms with van der Waals surface area (Å²) >= 11 is 3.36. The van der Waals surface area contributed by atoms with E-state index in [-0.39, 0.29) is 11.4 Å². The van der Waals surface area contributed by atoms with E-state index in [1.165, 1.54) is 0 Å². The van der Waals surface area contributed by atoms with Crippen LogP contribution in [0.3, 0.4) is 0 Å². The first-order valence-corrected chi connectivity index (χ1v) is 6.05. The summed E-state index contributed by atoms with van der Waals surface area (Å²) in [6, 6.07) is 3.71. The van der Waals surface area contributed by atoms with Crippen LogP contribution >= 0.6 is 15.9 Å². The third kappa shape index (κ3) is 4.51. The van der Waals surface area contributed by atoms with Crippen molar-refractivity contribution in [2.75, 3.05) is 5.33 Å². The smallest absolute Gasteiger partial charge is 0.220 e. The Morgan fingerprint density at radius 3 is 2.87 bits per heavy atom. The number of carbonyl (C=O) groups excluding carboxylic acids is 1. The molecule has 0 spiro atoms. The van der Waals surface area contributed by atoms with Crippen molar-refractivity contribution in [3.05, 3.63) is 24.2 Å². The molecule has 0 radical (unpaired) electrons. The summed E-state index contributed by atoms with van der Waals surface area (Å²) in [5, 5.41) is 3.68. The Hall–Kier alpha value is -0.770. The topological polar surface area (TPSA) is 42.2 Å². The van der Waals surface area contributed by atoms with E-state index >= 15 is 0 Å². The van der Waals surface area contributed by atoms with Gasteiger partial charge in [0.25, 0.3) is 0 Å². The molecule has 0 aliphatic heterocycles. The lowest BCUT2D eigenvalue weighted by Gasteiger charge is -2.23. The second-order valence-electron chi connectivity index (χ2n) is 4.15. The molecule has 1 heterocycles. The lowest BCUT2D eigenvalue weighted by Crippen LogP contribution is -2.44. The molecule has 0 bridgehead atoms. The molecule has 3 nitrogen and oxygen atoms in total. The van der Waals surface area contributed by atoms with Crippen molar-refractivity contribution in [3.63, 3.8) is 0 Å². The molecule has 0 saturated carbocycles. The van der Waals surface area contributed by atoms with E-state index in [1.807, 2.05) is 26.0 Å². The molecule has 0 fully saturated rings. The monoisotopic (exact) mass is 273 g/mol. The average Bonchev–Trinajstić information content (AvgIpc) is 2.66. The summed E-state index contributed by atoms with van der Waals surface area (Å²) in [5.41, 5.74) is -0.194. The van der Waals surface area contributed by atoms with E-state index in [1.54, 1.807) is 6.26 Å². The minimum Gasteiger partial charge on any atom is -0.469 e. The highest BCUT2D eigenvalue weighted by atomic mass is 79.9. The Morgan fingerprint density at radius 1 is 1.60 bits per heavy atom. The summed E-state index contributed by atoms with van der Waals surface area (Å²) in [4.78, 5) is 11.5. The first kappa shape index (κ1) is 12.3. The molecule has 1 rings (SSSR count). The highest BCUT2D eigenvalue weighted by Crippen LogP contribution is 2.08. The van der Waals surface area contributed by atoms with Gasteiger partial charge in [0.2, 0.25) is 5.91 Å². The van der Waals surface area contributed by atoms with Crippen LogP contribution in [0.2, 0.25) is 0 Å². The SMILES string of the molecule is CC(C)(CBr)NC(=O)CCc1ccco1. The van der Waals surface area contributed by atoms with Gasteiger partial charge in [-0.3, -0.25) is 4.79 Å². The number of carbonyl (C=O) groups is 1. The van der Waals surface area contributed by atoms with E-state index in [9.17, 15) is 4.79 Å². The number of furan rings is 1. The highest BCUT2D eigenvalue weighted by molar-refractivity contribution is 9.09. The van der Waals surface area contributed by atoms with Crippen molar-refractivity contribution < 1.29 is 9.21 Å². The molecular formula is C11H16BrNO2. The van der Waals surface area contributed by atoms with Crippen LogP contribution in [-0.2, 0) is 11.2 Å². The maximum absolute atomic E-state index is 11.5. The van der Waals surface area contributed by atoms with Gasteiger partial charge in [-0.05, 0) is 26.0 Å². The molecule has 1 aromatic heterocycles. The van der Waals surface area contributed by atoms with Crippen LogP contribution in [0.25, 0.3) is 0 Å². The Balaban J connectivity index is 2.31. The number of aryl methyl sites for hydroxylation is 1. The molecule has 84 valence electrons. The minimum absolute atomic E-state index is 0.0517. The Bertz CT molecular complexity index is 306. The summed E-state index contributed by atoms with van der Waals surface area (Å²) in [5.74, 6) is 0.901. The van der Waals surface area contributed by atoms with Crippen LogP contribution in [0, 0.1) is 0 Å². The van der Waals surface area contributed by atoms with Gasteiger partial charge in [-0.15, -0.1) is 0 Å². The Labute approximate surface area is 98.4 Å². The molecule has 0 unspecified atom stereocenters. The van der Waals surface area contributed by atoms with E-state index in [0.717, 1.165) is 11.1 Å². The predicted octanol–water partition coefficient (Wildman–Crippen LogP) is 2.50. The molecule has 0 saturated heterocycles. The van der Waals surface area contributed by atoms with Crippen molar-refractivity contribution >= 4 is 21.8 Å². The van der Waals surface area contributed by atoms with Crippen LogP contribution in [0.5, 0.6) is 0 Å². The molecule has 4 heteroatoms. The Kier molecular flexibility index (Phi) is 4.39. The largest absolute Gasteiger partial charge is 0.469 e.